The number of hydrogen-bond acceptors (Lipinski definition) is 3. The van der Waals surface area contributed by atoms with Crippen LogP contribution >= 0.6 is 0 Å². The second kappa shape index (κ2) is 7.39. The van der Waals surface area contributed by atoms with Gasteiger partial charge in [0.05, 0.1) is 19.6 Å². The van der Waals surface area contributed by atoms with Crippen molar-refractivity contribution in [2.24, 2.45) is 4.99 Å². The van der Waals surface area contributed by atoms with E-state index in [2.05, 4.69) is 15.6 Å². The molecule has 0 spiro atoms. The first-order chi connectivity index (χ1) is 10.2. The Hall–Kier alpha value is -2.41. The van der Waals surface area contributed by atoms with Crippen LogP contribution in [-0.4, -0.2) is 56.5 Å². The van der Waals surface area contributed by atoms with Gasteiger partial charge in [0.25, 0.3) is 0 Å². The third kappa shape index (κ3) is 4.57. The van der Waals surface area contributed by atoms with Crippen molar-refractivity contribution in [2.75, 3.05) is 38.7 Å². The van der Waals surface area contributed by atoms with Crippen molar-refractivity contribution in [3.05, 3.63) is 29.8 Å². The maximum atomic E-state index is 11.2. The molecule has 7 heteroatoms. The molecule has 0 atom stereocenters. The number of aliphatic imine (C=N–C) groups is 1. The lowest BCUT2D eigenvalue weighted by Crippen LogP contribution is -2.35. The number of benzene rings is 1. The van der Waals surface area contributed by atoms with E-state index in [4.69, 9.17) is 10.1 Å². The first-order valence-corrected chi connectivity index (χ1v) is 6.73. The van der Waals surface area contributed by atoms with Gasteiger partial charge < -0.3 is 20.3 Å². The van der Waals surface area contributed by atoms with Gasteiger partial charge in [0, 0.05) is 31.4 Å². The highest BCUT2D eigenvalue weighted by Crippen LogP contribution is 2.10. The van der Waals surface area contributed by atoms with E-state index in [-0.39, 0.29) is 11.9 Å². The summed E-state index contributed by atoms with van der Waals surface area (Å²) < 4.78 is 5.25. The number of morpholine rings is 1. The number of rotatable bonds is 3. The predicted molar refractivity (Wildman–Crippen MR) is 82.2 cm³/mol. The topological polar surface area (TPSA) is 89.8 Å². The lowest BCUT2D eigenvalue weighted by Gasteiger charge is -2.24. The molecule has 0 radical (unpaired) electrons. The Balaban J connectivity index is 1.92. The Morgan fingerprint density at radius 3 is 2.62 bits per heavy atom. The fraction of sp³-hybridized carbons (Fsp3) is 0.357. The minimum Gasteiger partial charge on any atom is -0.378 e. The summed E-state index contributed by atoms with van der Waals surface area (Å²) >= 11 is 0. The zero-order chi connectivity index (χ0) is 15.1. The molecule has 2 amide bonds. The van der Waals surface area contributed by atoms with Crippen molar-refractivity contribution in [3.63, 3.8) is 0 Å². The van der Waals surface area contributed by atoms with Crippen LogP contribution in [0.4, 0.5) is 10.5 Å². The molecule has 1 heterocycles. The molecule has 2 rings (SSSR count). The van der Waals surface area contributed by atoms with Crippen LogP contribution in [0, 0.1) is 5.41 Å². The molecule has 7 nitrogen and oxygen atoms in total. The molecule has 0 unspecified atom stereocenters. The largest absolute Gasteiger partial charge is 0.378 e. The number of nitrogens with one attached hydrogen (secondary N) is 3. The molecule has 112 valence electrons. The van der Waals surface area contributed by atoms with Crippen LogP contribution in [-0.2, 0) is 4.74 Å². The molecular formula is C14H19N5O2. The number of nitrogens with zero attached hydrogens (tertiary/aromatic N) is 2. The lowest BCUT2D eigenvalue weighted by atomic mass is 10.2. The van der Waals surface area contributed by atoms with E-state index < -0.39 is 0 Å². The Morgan fingerprint density at radius 2 is 2.00 bits per heavy atom. The molecule has 1 saturated heterocycles. The maximum Gasteiger partial charge on any atom is 0.318 e. The summed E-state index contributed by atoms with van der Waals surface area (Å²) in [6.07, 6.45) is 1.68. The van der Waals surface area contributed by atoms with Crippen LogP contribution < -0.4 is 10.6 Å². The molecule has 3 N–H and O–H groups in total. The molecule has 0 aliphatic carbocycles. The summed E-state index contributed by atoms with van der Waals surface area (Å²) in [5, 5.41) is 13.1. The van der Waals surface area contributed by atoms with Crippen molar-refractivity contribution in [2.45, 2.75) is 0 Å². The smallest absolute Gasteiger partial charge is 0.318 e. The van der Waals surface area contributed by atoms with Crippen molar-refractivity contribution >= 4 is 23.9 Å². The Kier molecular flexibility index (Phi) is 5.28. The van der Waals surface area contributed by atoms with E-state index in [1.165, 1.54) is 0 Å². The molecule has 0 aromatic heterocycles. The van der Waals surface area contributed by atoms with Crippen LogP contribution in [0.2, 0.25) is 0 Å². The number of carbonyl (C=O) groups is 1. The monoisotopic (exact) mass is 289 g/mol. The van der Waals surface area contributed by atoms with E-state index in [9.17, 15) is 4.79 Å². The molecule has 1 aliphatic heterocycles. The highest BCUT2D eigenvalue weighted by molar-refractivity contribution is 6.01. The summed E-state index contributed by atoms with van der Waals surface area (Å²) in [6.45, 7) is 2.98. The number of urea groups is 1. The number of amidine groups is 1. The highest BCUT2D eigenvalue weighted by atomic mass is 16.5. The molecule has 1 aliphatic rings. The SMILES string of the molecule is CNC(=O)Nc1ccc(C(=N)N=CN2CCOCC2)cc1. The van der Waals surface area contributed by atoms with Crippen LogP contribution in [0.1, 0.15) is 5.56 Å². The van der Waals surface area contributed by atoms with Crippen molar-refractivity contribution in [1.29, 1.82) is 5.41 Å². The zero-order valence-corrected chi connectivity index (χ0v) is 11.9. The van der Waals surface area contributed by atoms with Gasteiger partial charge in [-0.3, -0.25) is 5.41 Å². The van der Waals surface area contributed by atoms with Gasteiger partial charge in [0.2, 0.25) is 0 Å². The average molecular weight is 289 g/mol. The minimum absolute atomic E-state index is 0.188. The van der Waals surface area contributed by atoms with Gasteiger partial charge in [0.1, 0.15) is 0 Å². The molecule has 1 aromatic carbocycles. The van der Waals surface area contributed by atoms with Crippen molar-refractivity contribution < 1.29 is 9.53 Å². The summed E-state index contributed by atoms with van der Waals surface area (Å²) in [5.41, 5.74) is 1.37. The van der Waals surface area contributed by atoms with Gasteiger partial charge in [-0.2, -0.15) is 0 Å². The fourth-order valence-corrected chi connectivity index (χ4v) is 1.81. The molecule has 1 fully saturated rings. The van der Waals surface area contributed by atoms with Gasteiger partial charge in [-0.15, -0.1) is 0 Å². The number of ether oxygens (including phenoxy) is 1. The third-order valence-corrected chi connectivity index (χ3v) is 3.04. The molecule has 21 heavy (non-hydrogen) atoms. The molecular weight excluding hydrogens is 270 g/mol. The molecule has 1 aromatic rings. The number of hydrogen-bond donors (Lipinski definition) is 3. The van der Waals surface area contributed by atoms with Crippen LogP contribution in [0.15, 0.2) is 29.3 Å². The zero-order valence-electron chi connectivity index (χ0n) is 11.9. The Labute approximate surface area is 123 Å². The van der Waals surface area contributed by atoms with Crippen LogP contribution in [0.3, 0.4) is 0 Å². The van der Waals surface area contributed by atoms with E-state index in [1.807, 2.05) is 4.90 Å². The summed E-state index contributed by atoms with van der Waals surface area (Å²) in [4.78, 5) is 17.4. The molecule has 0 saturated carbocycles. The second-order valence-electron chi connectivity index (χ2n) is 4.52. The third-order valence-electron chi connectivity index (χ3n) is 3.04. The van der Waals surface area contributed by atoms with Gasteiger partial charge >= 0.3 is 6.03 Å². The van der Waals surface area contributed by atoms with Crippen molar-refractivity contribution in [1.82, 2.24) is 10.2 Å². The first kappa shape index (κ1) is 15.0. The minimum atomic E-state index is -0.275. The Morgan fingerprint density at radius 1 is 1.33 bits per heavy atom. The predicted octanol–water partition coefficient (Wildman–Crippen LogP) is 1.12. The quantitative estimate of drug-likeness (QED) is 0.575. The van der Waals surface area contributed by atoms with E-state index >= 15 is 0 Å². The van der Waals surface area contributed by atoms with Gasteiger partial charge in [-0.25, -0.2) is 9.79 Å². The standard InChI is InChI=1S/C14H19N5O2/c1-16-14(20)18-12-4-2-11(3-5-12)13(15)17-10-19-6-8-21-9-7-19/h2-5,10,15H,6-9H2,1H3,(H2,16,18,20). The summed E-state index contributed by atoms with van der Waals surface area (Å²) in [6, 6.07) is 6.71. The van der Waals surface area contributed by atoms with Crippen molar-refractivity contribution in [3.8, 4) is 0 Å². The highest BCUT2D eigenvalue weighted by Gasteiger charge is 2.07. The number of anilines is 1. The maximum absolute atomic E-state index is 11.2. The number of carbonyl (C=O) groups excluding carboxylic acids is 1. The number of amides is 2. The second-order valence-corrected chi connectivity index (χ2v) is 4.52. The van der Waals surface area contributed by atoms with E-state index in [0.29, 0.717) is 24.5 Å². The first-order valence-electron chi connectivity index (χ1n) is 6.73. The average Bonchev–Trinajstić information content (AvgIpc) is 2.54. The van der Waals surface area contributed by atoms with Gasteiger partial charge in [-0.1, -0.05) is 0 Å². The van der Waals surface area contributed by atoms with Crippen LogP contribution in [0.5, 0.6) is 0 Å². The van der Waals surface area contributed by atoms with E-state index in [1.54, 1.807) is 37.7 Å². The fourth-order valence-electron chi connectivity index (χ4n) is 1.81. The van der Waals surface area contributed by atoms with Gasteiger partial charge in [-0.05, 0) is 24.3 Å². The van der Waals surface area contributed by atoms with Gasteiger partial charge in [0.15, 0.2) is 5.84 Å². The summed E-state index contributed by atoms with van der Waals surface area (Å²) in [5.74, 6) is 0.188. The van der Waals surface area contributed by atoms with E-state index in [0.717, 1.165) is 13.1 Å². The normalized spacial score (nSPS) is 15.0. The lowest BCUT2D eigenvalue weighted by molar-refractivity contribution is 0.0701. The van der Waals surface area contributed by atoms with Crippen LogP contribution in [0.25, 0.3) is 0 Å². The molecule has 0 bridgehead atoms. The Bertz CT molecular complexity index is 521. The summed E-state index contributed by atoms with van der Waals surface area (Å²) in [7, 11) is 1.56.